The van der Waals surface area contributed by atoms with E-state index in [0.29, 0.717) is 22.8 Å². The summed E-state index contributed by atoms with van der Waals surface area (Å²) in [5.74, 6) is 8.64. The summed E-state index contributed by atoms with van der Waals surface area (Å²) in [6, 6.07) is 7.75. The van der Waals surface area contributed by atoms with E-state index in [2.05, 4.69) is 36.3 Å². The molecule has 1 unspecified atom stereocenters. The standard InChI is InChI=1S/C15H15BrN6OS/c1-8(14-18-12(21-23-14)9-6-7-9)24-15-20-19-13(22(15)17)10-4-2-3-5-11(10)16/h2-5,8-9H,6-7,17H2,1H3. The minimum absolute atomic E-state index is 0.0523. The van der Waals surface area contributed by atoms with E-state index in [0.717, 1.165) is 28.7 Å². The molecule has 0 saturated heterocycles. The zero-order valence-electron chi connectivity index (χ0n) is 12.9. The highest BCUT2D eigenvalue weighted by Crippen LogP contribution is 2.40. The number of nitrogen functional groups attached to an aromatic ring is 1. The molecule has 1 aliphatic rings. The Morgan fingerprint density at radius 2 is 2.12 bits per heavy atom. The molecule has 9 heteroatoms. The second kappa shape index (κ2) is 6.21. The average Bonchev–Trinajstić information content (AvgIpc) is 3.20. The van der Waals surface area contributed by atoms with Crippen molar-refractivity contribution in [1.29, 1.82) is 0 Å². The molecular formula is C15H15BrN6OS. The number of rotatable bonds is 5. The van der Waals surface area contributed by atoms with Crippen molar-refractivity contribution in [1.82, 2.24) is 25.0 Å². The molecule has 2 N–H and O–H groups in total. The highest BCUT2D eigenvalue weighted by molar-refractivity contribution is 9.10. The number of aromatic nitrogens is 5. The third-order valence-corrected chi connectivity index (χ3v) is 5.55. The highest BCUT2D eigenvalue weighted by atomic mass is 79.9. The fourth-order valence-electron chi connectivity index (χ4n) is 2.31. The van der Waals surface area contributed by atoms with Gasteiger partial charge in [0.1, 0.15) is 0 Å². The molecule has 0 aliphatic heterocycles. The molecule has 24 heavy (non-hydrogen) atoms. The molecule has 0 bridgehead atoms. The molecule has 2 heterocycles. The van der Waals surface area contributed by atoms with Gasteiger partial charge in [-0.2, -0.15) is 4.98 Å². The number of nitrogens with zero attached hydrogens (tertiary/aromatic N) is 5. The summed E-state index contributed by atoms with van der Waals surface area (Å²) in [6.07, 6.45) is 2.29. The molecule has 124 valence electrons. The van der Waals surface area contributed by atoms with Gasteiger partial charge in [-0.3, -0.25) is 0 Å². The molecule has 1 aromatic carbocycles. The van der Waals surface area contributed by atoms with Gasteiger partial charge in [0.15, 0.2) is 11.6 Å². The van der Waals surface area contributed by atoms with Gasteiger partial charge in [-0.15, -0.1) is 10.2 Å². The quantitative estimate of drug-likeness (QED) is 0.511. The smallest absolute Gasteiger partial charge is 0.239 e. The molecule has 2 aromatic heterocycles. The SMILES string of the molecule is CC(Sc1nnc(-c2ccccc2Br)n1N)c1nc(C2CC2)no1. The van der Waals surface area contributed by atoms with E-state index in [-0.39, 0.29) is 5.25 Å². The summed E-state index contributed by atoms with van der Waals surface area (Å²) >= 11 is 4.95. The van der Waals surface area contributed by atoms with Crippen LogP contribution in [-0.4, -0.2) is 25.0 Å². The summed E-state index contributed by atoms with van der Waals surface area (Å²) in [5.41, 5.74) is 0.890. The topological polar surface area (TPSA) is 95.7 Å². The zero-order valence-corrected chi connectivity index (χ0v) is 15.3. The molecule has 3 aromatic rings. The van der Waals surface area contributed by atoms with Crippen LogP contribution in [0.5, 0.6) is 0 Å². The van der Waals surface area contributed by atoms with Gasteiger partial charge in [0.25, 0.3) is 0 Å². The third kappa shape index (κ3) is 2.93. The van der Waals surface area contributed by atoms with Crippen LogP contribution in [0.3, 0.4) is 0 Å². The second-order valence-electron chi connectivity index (χ2n) is 5.68. The van der Waals surface area contributed by atoms with Gasteiger partial charge in [0.2, 0.25) is 11.0 Å². The number of hydrogen-bond acceptors (Lipinski definition) is 7. The molecule has 7 nitrogen and oxygen atoms in total. The van der Waals surface area contributed by atoms with E-state index in [9.17, 15) is 0 Å². The van der Waals surface area contributed by atoms with E-state index in [4.69, 9.17) is 10.4 Å². The fourth-order valence-corrected chi connectivity index (χ4v) is 3.57. The van der Waals surface area contributed by atoms with Gasteiger partial charge in [-0.25, -0.2) is 4.68 Å². The second-order valence-corrected chi connectivity index (χ2v) is 7.84. The number of nitrogens with two attached hydrogens (primary N) is 1. The molecular weight excluding hydrogens is 392 g/mol. The Balaban J connectivity index is 1.55. The van der Waals surface area contributed by atoms with Gasteiger partial charge in [0, 0.05) is 16.0 Å². The maximum Gasteiger partial charge on any atom is 0.239 e. The first-order chi connectivity index (χ1) is 11.6. The predicted molar refractivity (Wildman–Crippen MR) is 93.9 cm³/mol. The van der Waals surface area contributed by atoms with Crippen molar-refractivity contribution in [3.8, 4) is 11.4 Å². The highest BCUT2D eigenvalue weighted by Gasteiger charge is 2.30. The minimum Gasteiger partial charge on any atom is -0.338 e. The Morgan fingerprint density at radius 1 is 1.33 bits per heavy atom. The van der Waals surface area contributed by atoms with E-state index in [1.54, 1.807) is 0 Å². The van der Waals surface area contributed by atoms with Crippen LogP contribution in [0, 0.1) is 0 Å². The summed E-state index contributed by atoms with van der Waals surface area (Å²) < 4.78 is 7.76. The van der Waals surface area contributed by atoms with Gasteiger partial charge < -0.3 is 10.4 Å². The van der Waals surface area contributed by atoms with Crippen molar-refractivity contribution in [2.75, 3.05) is 5.84 Å². The summed E-state index contributed by atoms with van der Waals surface area (Å²) in [6.45, 7) is 1.99. The minimum atomic E-state index is -0.0523. The molecule has 1 aliphatic carbocycles. The van der Waals surface area contributed by atoms with E-state index < -0.39 is 0 Å². The van der Waals surface area contributed by atoms with Crippen molar-refractivity contribution < 1.29 is 4.52 Å². The Morgan fingerprint density at radius 3 is 2.88 bits per heavy atom. The van der Waals surface area contributed by atoms with Crippen molar-refractivity contribution in [3.05, 3.63) is 40.5 Å². The van der Waals surface area contributed by atoms with Crippen LogP contribution < -0.4 is 5.84 Å². The Hall–Kier alpha value is -1.87. The third-order valence-electron chi connectivity index (χ3n) is 3.81. The number of thioether (sulfide) groups is 1. The first-order valence-corrected chi connectivity index (χ1v) is 9.26. The lowest BCUT2D eigenvalue weighted by molar-refractivity contribution is 0.374. The Kier molecular flexibility index (Phi) is 4.05. The normalized spacial score (nSPS) is 15.6. The van der Waals surface area contributed by atoms with Crippen molar-refractivity contribution in [2.45, 2.75) is 36.1 Å². The van der Waals surface area contributed by atoms with Gasteiger partial charge in [-0.1, -0.05) is 45.0 Å². The maximum absolute atomic E-state index is 6.18. The van der Waals surface area contributed by atoms with Crippen molar-refractivity contribution in [3.63, 3.8) is 0 Å². The van der Waals surface area contributed by atoms with Gasteiger partial charge >= 0.3 is 0 Å². The lowest BCUT2D eigenvalue weighted by atomic mass is 10.2. The lowest BCUT2D eigenvalue weighted by Crippen LogP contribution is -2.12. The van der Waals surface area contributed by atoms with Gasteiger partial charge in [-0.05, 0) is 31.9 Å². The zero-order chi connectivity index (χ0) is 16.7. The van der Waals surface area contributed by atoms with Crippen molar-refractivity contribution in [2.24, 2.45) is 0 Å². The van der Waals surface area contributed by atoms with Crippen LogP contribution >= 0.6 is 27.7 Å². The molecule has 1 saturated carbocycles. The molecule has 0 radical (unpaired) electrons. The van der Waals surface area contributed by atoms with Crippen LogP contribution in [0.25, 0.3) is 11.4 Å². The first-order valence-electron chi connectivity index (χ1n) is 7.59. The van der Waals surface area contributed by atoms with Gasteiger partial charge in [0.05, 0.1) is 5.25 Å². The molecule has 0 spiro atoms. The summed E-state index contributed by atoms with van der Waals surface area (Å²) in [4.78, 5) is 4.47. The lowest BCUT2D eigenvalue weighted by Gasteiger charge is -2.07. The van der Waals surface area contributed by atoms with E-state index >= 15 is 0 Å². The van der Waals surface area contributed by atoms with Crippen molar-refractivity contribution >= 4 is 27.7 Å². The van der Waals surface area contributed by atoms with E-state index in [1.807, 2.05) is 31.2 Å². The number of halogens is 1. The Bertz CT molecular complexity index is 874. The first kappa shape index (κ1) is 15.6. The van der Waals surface area contributed by atoms with Crippen LogP contribution in [0.4, 0.5) is 0 Å². The largest absolute Gasteiger partial charge is 0.338 e. The summed E-state index contributed by atoms with van der Waals surface area (Å²) in [5, 5.41) is 13.0. The van der Waals surface area contributed by atoms with Crippen LogP contribution in [0.1, 0.15) is 42.6 Å². The molecule has 1 fully saturated rings. The number of benzene rings is 1. The maximum atomic E-state index is 6.18. The summed E-state index contributed by atoms with van der Waals surface area (Å²) in [7, 11) is 0. The predicted octanol–water partition coefficient (Wildman–Crippen LogP) is 3.54. The Labute approximate surface area is 151 Å². The molecule has 1 atom stereocenters. The number of hydrogen-bond donors (Lipinski definition) is 1. The molecule has 4 rings (SSSR count). The molecule has 0 amide bonds. The van der Waals surface area contributed by atoms with Crippen LogP contribution in [0.2, 0.25) is 0 Å². The fraction of sp³-hybridized carbons (Fsp3) is 0.333. The average molecular weight is 407 g/mol. The monoisotopic (exact) mass is 406 g/mol. The van der Waals surface area contributed by atoms with E-state index in [1.165, 1.54) is 16.4 Å². The van der Waals surface area contributed by atoms with Crippen LogP contribution in [-0.2, 0) is 0 Å². The van der Waals surface area contributed by atoms with Crippen LogP contribution in [0.15, 0.2) is 38.4 Å².